The molecule has 10 heavy (non-hydrogen) atoms. The minimum atomic E-state index is -4.02. The Kier molecular flexibility index (Phi) is 3.71. The molecule has 1 atom stereocenters. The second kappa shape index (κ2) is 3.81. The van der Waals surface area contributed by atoms with Gasteiger partial charge in [-0.05, 0) is 18.9 Å². The van der Waals surface area contributed by atoms with Crippen LogP contribution >= 0.6 is 0 Å². The molecule has 0 rings (SSSR count). The molecule has 4 heteroatoms. The molecule has 0 saturated heterocycles. The first kappa shape index (κ1) is 9.75. The molecule has 0 aliphatic carbocycles. The fourth-order valence-corrected chi connectivity index (χ4v) is 0.528. The maximum Gasteiger partial charge on any atom is 0.389 e. The molecule has 0 aromatic heterocycles. The van der Waals surface area contributed by atoms with Gasteiger partial charge in [-0.15, -0.1) is 0 Å². The zero-order valence-corrected chi connectivity index (χ0v) is 5.91. The highest BCUT2D eigenvalue weighted by Crippen LogP contribution is 2.23. The van der Waals surface area contributed by atoms with Crippen LogP contribution in [0.3, 0.4) is 0 Å². The summed E-state index contributed by atoms with van der Waals surface area (Å²) in [5.74, 6) is -0.0263. The van der Waals surface area contributed by atoms with Crippen molar-refractivity contribution in [3.63, 3.8) is 0 Å². The highest BCUT2D eigenvalue weighted by Gasteiger charge is 2.26. The number of nitrogens with two attached hydrogens (primary N) is 1. The van der Waals surface area contributed by atoms with E-state index >= 15 is 0 Å². The van der Waals surface area contributed by atoms with E-state index in [1.165, 1.54) is 0 Å². The molecule has 2 N–H and O–H groups in total. The van der Waals surface area contributed by atoms with Crippen LogP contribution in [0.25, 0.3) is 0 Å². The van der Waals surface area contributed by atoms with E-state index in [9.17, 15) is 13.2 Å². The van der Waals surface area contributed by atoms with Crippen LogP contribution in [0.1, 0.15) is 19.8 Å². The highest BCUT2D eigenvalue weighted by molar-refractivity contribution is 4.57. The van der Waals surface area contributed by atoms with Crippen LogP contribution in [-0.2, 0) is 0 Å². The summed E-state index contributed by atoms with van der Waals surface area (Å²) < 4.78 is 34.5. The Morgan fingerprint density at radius 1 is 1.40 bits per heavy atom. The minimum Gasteiger partial charge on any atom is -0.330 e. The molecule has 0 saturated carbocycles. The van der Waals surface area contributed by atoms with Crippen LogP contribution in [0, 0.1) is 5.92 Å². The van der Waals surface area contributed by atoms with Gasteiger partial charge in [0.2, 0.25) is 0 Å². The Morgan fingerprint density at radius 3 is 2.20 bits per heavy atom. The summed E-state index contributed by atoms with van der Waals surface area (Å²) in [4.78, 5) is 0. The zero-order chi connectivity index (χ0) is 8.20. The average molecular weight is 155 g/mol. The van der Waals surface area contributed by atoms with E-state index < -0.39 is 12.6 Å². The SMILES string of the molecule is CC(CN)CCC(F)(F)F. The molecule has 0 aliphatic heterocycles. The van der Waals surface area contributed by atoms with Crippen molar-refractivity contribution in [2.24, 2.45) is 11.7 Å². The lowest BCUT2D eigenvalue weighted by atomic mass is 10.1. The molecule has 62 valence electrons. The third-order valence-corrected chi connectivity index (χ3v) is 1.32. The molecule has 1 nitrogen and oxygen atoms in total. The molecule has 0 spiro atoms. The molecule has 0 radical (unpaired) electrons. The number of rotatable bonds is 3. The summed E-state index contributed by atoms with van der Waals surface area (Å²) >= 11 is 0. The van der Waals surface area contributed by atoms with Gasteiger partial charge in [-0.1, -0.05) is 6.92 Å². The lowest BCUT2D eigenvalue weighted by Gasteiger charge is -2.09. The summed E-state index contributed by atoms with van der Waals surface area (Å²) in [6.07, 6.45) is -4.60. The lowest BCUT2D eigenvalue weighted by Crippen LogP contribution is -2.15. The largest absolute Gasteiger partial charge is 0.389 e. The summed E-state index contributed by atoms with van der Waals surface area (Å²) in [6, 6.07) is 0. The van der Waals surface area contributed by atoms with E-state index in [2.05, 4.69) is 0 Å². The third-order valence-electron chi connectivity index (χ3n) is 1.32. The van der Waals surface area contributed by atoms with Gasteiger partial charge in [0.1, 0.15) is 0 Å². The van der Waals surface area contributed by atoms with Crippen LogP contribution in [0.15, 0.2) is 0 Å². The first-order valence-electron chi connectivity index (χ1n) is 3.22. The van der Waals surface area contributed by atoms with Crippen molar-refractivity contribution in [3.05, 3.63) is 0 Å². The Hall–Kier alpha value is -0.250. The van der Waals surface area contributed by atoms with E-state index in [1.807, 2.05) is 0 Å². The Balaban J connectivity index is 3.36. The van der Waals surface area contributed by atoms with E-state index in [0.717, 1.165) is 0 Å². The molecular formula is C6H12F3N. The quantitative estimate of drug-likeness (QED) is 0.662. The summed E-state index contributed by atoms with van der Waals surface area (Å²) in [7, 11) is 0. The highest BCUT2D eigenvalue weighted by atomic mass is 19.4. The normalized spacial score (nSPS) is 15.3. The van der Waals surface area contributed by atoms with Gasteiger partial charge in [-0.25, -0.2) is 0 Å². The minimum absolute atomic E-state index is 0.0263. The topological polar surface area (TPSA) is 26.0 Å². The monoisotopic (exact) mass is 155 g/mol. The molecule has 0 aromatic carbocycles. The predicted molar refractivity (Wildman–Crippen MR) is 33.5 cm³/mol. The van der Waals surface area contributed by atoms with Crippen molar-refractivity contribution in [1.29, 1.82) is 0 Å². The first-order valence-corrected chi connectivity index (χ1v) is 3.22. The number of hydrogen-bond donors (Lipinski definition) is 1. The van der Waals surface area contributed by atoms with Crippen LogP contribution in [-0.4, -0.2) is 12.7 Å². The van der Waals surface area contributed by atoms with Gasteiger partial charge < -0.3 is 5.73 Å². The van der Waals surface area contributed by atoms with E-state index in [1.54, 1.807) is 6.92 Å². The molecule has 0 aliphatic rings. The molecule has 0 heterocycles. The van der Waals surface area contributed by atoms with Crippen LogP contribution in [0.2, 0.25) is 0 Å². The molecule has 0 amide bonds. The van der Waals surface area contributed by atoms with Crippen molar-refractivity contribution in [3.8, 4) is 0 Å². The van der Waals surface area contributed by atoms with Crippen LogP contribution in [0.5, 0.6) is 0 Å². The Morgan fingerprint density at radius 2 is 1.90 bits per heavy atom. The summed E-state index contributed by atoms with van der Waals surface area (Å²) in [6.45, 7) is 2.04. The fourth-order valence-electron chi connectivity index (χ4n) is 0.528. The molecule has 0 fully saturated rings. The molecular weight excluding hydrogens is 143 g/mol. The summed E-state index contributed by atoms with van der Waals surface area (Å²) in [5.41, 5.74) is 5.13. The average Bonchev–Trinajstić information content (AvgIpc) is 1.81. The van der Waals surface area contributed by atoms with E-state index in [-0.39, 0.29) is 12.3 Å². The lowest BCUT2D eigenvalue weighted by molar-refractivity contribution is -0.137. The smallest absolute Gasteiger partial charge is 0.330 e. The number of halogens is 3. The fraction of sp³-hybridized carbons (Fsp3) is 1.00. The zero-order valence-electron chi connectivity index (χ0n) is 5.91. The molecule has 1 unspecified atom stereocenters. The Bertz CT molecular complexity index is 89.5. The van der Waals surface area contributed by atoms with Gasteiger partial charge in [0.05, 0.1) is 0 Å². The first-order chi connectivity index (χ1) is 4.45. The molecule has 0 aromatic rings. The maximum atomic E-state index is 11.5. The van der Waals surface area contributed by atoms with Crippen molar-refractivity contribution >= 4 is 0 Å². The second-order valence-corrected chi connectivity index (χ2v) is 2.49. The van der Waals surface area contributed by atoms with Gasteiger partial charge in [-0.2, -0.15) is 13.2 Å². The second-order valence-electron chi connectivity index (χ2n) is 2.49. The standard InChI is InChI=1S/C6H12F3N/c1-5(4-10)2-3-6(7,8)9/h5H,2-4,10H2,1H3. The van der Waals surface area contributed by atoms with Gasteiger partial charge in [0.15, 0.2) is 0 Å². The van der Waals surface area contributed by atoms with Crippen molar-refractivity contribution < 1.29 is 13.2 Å². The van der Waals surface area contributed by atoms with Crippen LogP contribution in [0.4, 0.5) is 13.2 Å². The third kappa shape index (κ3) is 5.88. The summed E-state index contributed by atoms with van der Waals surface area (Å²) in [5, 5.41) is 0. The van der Waals surface area contributed by atoms with E-state index in [0.29, 0.717) is 6.54 Å². The Labute approximate surface area is 58.4 Å². The van der Waals surface area contributed by atoms with Crippen molar-refractivity contribution in [1.82, 2.24) is 0 Å². The molecule has 0 bridgehead atoms. The predicted octanol–water partition coefficient (Wildman–Crippen LogP) is 1.92. The van der Waals surface area contributed by atoms with Crippen molar-refractivity contribution in [2.75, 3.05) is 6.54 Å². The van der Waals surface area contributed by atoms with Crippen molar-refractivity contribution in [2.45, 2.75) is 25.9 Å². The van der Waals surface area contributed by atoms with E-state index in [4.69, 9.17) is 5.73 Å². The number of hydrogen-bond acceptors (Lipinski definition) is 1. The van der Waals surface area contributed by atoms with Gasteiger partial charge in [-0.3, -0.25) is 0 Å². The number of alkyl halides is 3. The van der Waals surface area contributed by atoms with Crippen LogP contribution < -0.4 is 5.73 Å². The van der Waals surface area contributed by atoms with Gasteiger partial charge >= 0.3 is 6.18 Å². The van der Waals surface area contributed by atoms with Gasteiger partial charge in [0.25, 0.3) is 0 Å². The maximum absolute atomic E-state index is 11.5. The van der Waals surface area contributed by atoms with Gasteiger partial charge in [0, 0.05) is 6.42 Å².